The number of nitrogens with zero attached hydrogens (tertiary/aromatic N) is 4. The molecule has 0 unspecified atom stereocenters. The van der Waals surface area contributed by atoms with Crippen molar-refractivity contribution in [2.75, 3.05) is 5.32 Å². The molecule has 0 radical (unpaired) electrons. The maximum Gasteiger partial charge on any atom is 0.292 e. The third-order valence-corrected chi connectivity index (χ3v) is 2.28. The minimum atomic E-state index is -0.608. The van der Waals surface area contributed by atoms with Crippen LogP contribution in [0.5, 0.6) is 0 Å². The van der Waals surface area contributed by atoms with Gasteiger partial charge in [0.2, 0.25) is 0 Å². The van der Waals surface area contributed by atoms with Crippen LogP contribution < -0.4 is 5.32 Å². The summed E-state index contributed by atoms with van der Waals surface area (Å²) in [4.78, 5) is 10.3. The van der Waals surface area contributed by atoms with Crippen molar-refractivity contribution in [3.05, 3.63) is 45.1 Å². The lowest BCUT2D eigenvalue weighted by atomic mass is 10.1. The Morgan fingerprint density at radius 1 is 1.26 bits per heavy atom. The van der Waals surface area contributed by atoms with Crippen LogP contribution in [0.1, 0.15) is 5.56 Å². The molecule has 0 saturated heterocycles. The standard InChI is InChI=1S/C12H7N5O2/c1-8-3-2-4-11(17(18)19)12(8)16-10(7-15)9(5-13)6-14/h2-4,16H,1H3. The Balaban J connectivity index is 3.40. The third-order valence-electron chi connectivity index (χ3n) is 2.28. The molecule has 0 fully saturated rings. The first-order chi connectivity index (χ1) is 9.04. The van der Waals surface area contributed by atoms with Gasteiger partial charge in [-0.15, -0.1) is 0 Å². The van der Waals surface area contributed by atoms with Gasteiger partial charge in [-0.3, -0.25) is 10.1 Å². The topological polar surface area (TPSA) is 127 Å². The van der Waals surface area contributed by atoms with Gasteiger partial charge in [0.1, 0.15) is 29.6 Å². The fraction of sp³-hybridized carbons (Fsp3) is 0.0833. The highest BCUT2D eigenvalue weighted by molar-refractivity contribution is 5.71. The van der Waals surface area contributed by atoms with Gasteiger partial charge in [0.15, 0.2) is 5.57 Å². The summed E-state index contributed by atoms with van der Waals surface area (Å²) in [7, 11) is 0. The number of nitrogens with one attached hydrogen (secondary N) is 1. The van der Waals surface area contributed by atoms with E-state index in [2.05, 4.69) is 5.32 Å². The number of anilines is 1. The first-order valence-electron chi connectivity index (χ1n) is 5.00. The Kier molecular flexibility index (Phi) is 4.19. The fourth-order valence-corrected chi connectivity index (χ4v) is 1.38. The van der Waals surface area contributed by atoms with Gasteiger partial charge in [-0.2, -0.15) is 15.8 Å². The van der Waals surface area contributed by atoms with Gasteiger partial charge in [-0.25, -0.2) is 0 Å². The first kappa shape index (κ1) is 13.7. The van der Waals surface area contributed by atoms with Crippen molar-refractivity contribution in [3.63, 3.8) is 0 Å². The number of hydrogen-bond donors (Lipinski definition) is 1. The van der Waals surface area contributed by atoms with Crippen LogP contribution >= 0.6 is 0 Å². The molecule has 1 rings (SSSR count). The number of hydrogen-bond acceptors (Lipinski definition) is 6. The maximum absolute atomic E-state index is 10.9. The van der Waals surface area contributed by atoms with Gasteiger partial charge in [0.25, 0.3) is 5.69 Å². The molecular formula is C12H7N5O2. The first-order valence-corrected chi connectivity index (χ1v) is 5.00. The van der Waals surface area contributed by atoms with Crippen LogP contribution in [-0.4, -0.2) is 4.92 Å². The van der Waals surface area contributed by atoms with Gasteiger partial charge < -0.3 is 5.32 Å². The highest BCUT2D eigenvalue weighted by Gasteiger charge is 2.17. The van der Waals surface area contributed by atoms with E-state index in [1.165, 1.54) is 12.1 Å². The van der Waals surface area contributed by atoms with E-state index in [1.54, 1.807) is 31.2 Å². The summed E-state index contributed by atoms with van der Waals surface area (Å²) in [6.45, 7) is 1.61. The van der Waals surface area contributed by atoms with Gasteiger partial charge in [0, 0.05) is 6.07 Å². The highest BCUT2D eigenvalue weighted by Crippen LogP contribution is 2.29. The number of aryl methyl sites for hydroxylation is 1. The Bertz CT molecular complexity index is 670. The van der Waals surface area contributed by atoms with E-state index in [0.717, 1.165) is 0 Å². The van der Waals surface area contributed by atoms with E-state index in [4.69, 9.17) is 15.8 Å². The molecule has 0 heterocycles. The third kappa shape index (κ3) is 2.85. The molecule has 0 aliphatic rings. The summed E-state index contributed by atoms with van der Waals surface area (Å²) in [6.07, 6.45) is 0. The number of para-hydroxylation sites is 1. The minimum absolute atomic E-state index is 0.0899. The predicted octanol–water partition coefficient (Wildman–Crippen LogP) is 2.14. The number of nitro groups is 1. The van der Waals surface area contributed by atoms with Crippen LogP contribution in [0.3, 0.4) is 0 Å². The van der Waals surface area contributed by atoms with Gasteiger partial charge in [-0.1, -0.05) is 12.1 Å². The van der Waals surface area contributed by atoms with Crippen LogP contribution in [0.2, 0.25) is 0 Å². The molecule has 7 heteroatoms. The molecule has 92 valence electrons. The Labute approximate surface area is 108 Å². The van der Waals surface area contributed by atoms with Crippen LogP contribution in [0, 0.1) is 51.0 Å². The number of allylic oxidation sites excluding steroid dienone is 2. The van der Waals surface area contributed by atoms with Crippen LogP contribution in [0.4, 0.5) is 11.4 Å². The molecular weight excluding hydrogens is 246 g/mol. The van der Waals surface area contributed by atoms with Crippen LogP contribution in [-0.2, 0) is 0 Å². The van der Waals surface area contributed by atoms with Crippen molar-refractivity contribution >= 4 is 11.4 Å². The molecule has 0 aliphatic carbocycles. The molecule has 7 nitrogen and oxygen atoms in total. The fourth-order valence-electron chi connectivity index (χ4n) is 1.38. The van der Waals surface area contributed by atoms with E-state index in [9.17, 15) is 10.1 Å². The lowest BCUT2D eigenvalue weighted by molar-refractivity contribution is -0.384. The molecule has 0 atom stereocenters. The zero-order valence-electron chi connectivity index (χ0n) is 9.84. The van der Waals surface area contributed by atoms with Crippen molar-refractivity contribution in [3.8, 4) is 18.2 Å². The van der Waals surface area contributed by atoms with Crippen molar-refractivity contribution in [1.82, 2.24) is 0 Å². The molecule has 19 heavy (non-hydrogen) atoms. The van der Waals surface area contributed by atoms with Gasteiger partial charge in [0.05, 0.1) is 4.92 Å². The molecule has 0 bridgehead atoms. The molecule has 0 saturated carbocycles. The zero-order valence-corrected chi connectivity index (χ0v) is 9.84. The molecule has 1 N–H and O–H groups in total. The zero-order chi connectivity index (χ0) is 14.4. The maximum atomic E-state index is 10.9. The number of benzene rings is 1. The van der Waals surface area contributed by atoms with Crippen molar-refractivity contribution in [2.45, 2.75) is 6.92 Å². The van der Waals surface area contributed by atoms with E-state index < -0.39 is 10.5 Å². The van der Waals surface area contributed by atoms with E-state index in [1.807, 2.05) is 0 Å². The summed E-state index contributed by atoms with van der Waals surface area (Å²) in [5.74, 6) is 0. The molecule has 1 aromatic rings. The Hall–Kier alpha value is -3.37. The smallest absolute Gasteiger partial charge is 0.292 e. The highest BCUT2D eigenvalue weighted by atomic mass is 16.6. The Morgan fingerprint density at radius 3 is 2.37 bits per heavy atom. The number of rotatable bonds is 3. The summed E-state index contributed by atoms with van der Waals surface area (Å²) >= 11 is 0. The number of nitro benzene ring substituents is 1. The number of nitriles is 3. The summed E-state index contributed by atoms with van der Waals surface area (Å²) in [5.41, 5.74) is -0.366. The SMILES string of the molecule is Cc1cccc([N+](=O)[O-])c1NC(C#N)=C(C#N)C#N. The molecule has 1 aromatic carbocycles. The minimum Gasteiger partial charge on any atom is -0.339 e. The summed E-state index contributed by atoms with van der Waals surface area (Å²) in [5, 5.41) is 39.7. The van der Waals surface area contributed by atoms with Gasteiger partial charge in [-0.05, 0) is 12.5 Å². The largest absolute Gasteiger partial charge is 0.339 e. The quantitative estimate of drug-likeness (QED) is 0.499. The van der Waals surface area contributed by atoms with Crippen LogP contribution in [0.25, 0.3) is 0 Å². The lowest BCUT2D eigenvalue weighted by Gasteiger charge is -2.08. The van der Waals surface area contributed by atoms with Crippen molar-refractivity contribution in [2.24, 2.45) is 0 Å². The van der Waals surface area contributed by atoms with E-state index >= 15 is 0 Å². The summed E-state index contributed by atoms with van der Waals surface area (Å²) < 4.78 is 0. The van der Waals surface area contributed by atoms with Crippen LogP contribution in [0.15, 0.2) is 29.5 Å². The van der Waals surface area contributed by atoms with Gasteiger partial charge >= 0.3 is 0 Å². The lowest BCUT2D eigenvalue weighted by Crippen LogP contribution is -2.05. The average Bonchev–Trinajstić information content (AvgIpc) is 2.40. The van der Waals surface area contributed by atoms with E-state index in [-0.39, 0.29) is 17.1 Å². The molecule has 0 aliphatic heterocycles. The van der Waals surface area contributed by atoms with Crippen molar-refractivity contribution < 1.29 is 4.92 Å². The predicted molar refractivity (Wildman–Crippen MR) is 65.3 cm³/mol. The van der Waals surface area contributed by atoms with E-state index in [0.29, 0.717) is 5.56 Å². The monoisotopic (exact) mass is 253 g/mol. The second-order valence-corrected chi connectivity index (χ2v) is 3.44. The average molecular weight is 253 g/mol. The molecule has 0 amide bonds. The Morgan fingerprint density at radius 2 is 1.89 bits per heavy atom. The van der Waals surface area contributed by atoms with Crippen molar-refractivity contribution in [1.29, 1.82) is 15.8 Å². The second kappa shape index (κ2) is 5.81. The molecule has 0 aromatic heterocycles. The molecule has 0 spiro atoms. The second-order valence-electron chi connectivity index (χ2n) is 3.44. The normalized spacial score (nSPS) is 8.53. The summed E-state index contributed by atoms with van der Waals surface area (Å²) in [6, 6.07) is 9.14.